The van der Waals surface area contributed by atoms with Gasteiger partial charge < -0.3 is 18.9 Å². The molecule has 0 aromatic heterocycles. The normalized spacial score (nSPS) is 27.3. The third-order valence-corrected chi connectivity index (χ3v) is 19.9. The van der Waals surface area contributed by atoms with Crippen molar-refractivity contribution in [3.8, 4) is 0 Å². The Balaban J connectivity index is 1.64. The first-order valence-electron chi connectivity index (χ1n) is 33.3. The van der Waals surface area contributed by atoms with Gasteiger partial charge in [-0.25, -0.2) is 0 Å². The molecule has 19 unspecified atom stereocenters. The molecule has 4 heterocycles. The molecule has 12 heteroatoms. The van der Waals surface area contributed by atoms with E-state index >= 15 is 0 Å². The quantitative estimate of drug-likeness (QED) is 0.0324. The number of carbonyl (C=O) groups excluding carboxylic acids is 8. The van der Waals surface area contributed by atoms with E-state index in [4.69, 9.17) is 18.9 Å². The Morgan fingerprint density at radius 3 is 0.854 bits per heavy atom. The van der Waals surface area contributed by atoms with Crippen LogP contribution in [0.2, 0.25) is 0 Å². The molecule has 19 atom stereocenters. The number of hydrogen-bond acceptors (Lipinski definition) is 12. The zero-order valence-electron chi connectivity index (χ0n) is 54.9. The van der Waals surface area contributed by atoms with Gasteiger partial charge in [0.2, 0.25) is 0 Å². The van der Waals surface area contributed by atoms with Gasteiger partial charge in [0.15, 0.2) is 0 Å². The number of hydrogen-bond donors (Lipinski definition) is 0. The van der Waals surface area contributed by atoms with Gasteiger partial charge in [-0.2, -0.15) is 0 Å². The Labute approximate surface area is 498 Å². The second-order valence-electron chi connectivity index (χ2n) is 30.8. The summed E-state index contributed by atoms with van der Waals surface area (Å²) < 4.78 is 21.7. The molecule has 0 aromatic carbocycles. The van der Waals surface area contributed by atoms with Gasteiger partial charge in [-0.1, -0.05) is 137 Å². The van der Waals surface area contributed by atoms with Crippen molar-refractivity contribution in [2.24, 2.45) is 136 Å². The van der Waals surface area contributed by atoms with E-state index in [9.17, 15) is 38.4 Å². The lowest BCUT2D eigenvalue weighted by molar-refractivity contribution is -0.156. The van der Waals surface area contributed by atoms with Crippen LogP contribution in [0, 0.1) is 136 Å². The maximum atomic E-state index is 14.3. The van der Waals surface area contributed by atoms with Gasteiger partial charge in [0.1, 0.15) is 0 Å². The Kier molecular flexibility index (Phi) is 28.5. The van der Waals surface area contributed by atoms with E-state index in [1.807, 2.05) is 0 Å². The first kappa shape index (κ1) is 71.0. The van der Waals surface area contributed by atoms with E-state index in [2.05, 4.69) is 125 Å². The Bertz CT molecular complexity index is 2090. The minimum absolute atomic E-state index is 0.0713. The first-order chi connectivity index (χ1) is 38.3. The van der Waals surface area contributed by atoms with Crippen LogP contribution in [0.3, 0.4) is 0 Å². The molecular weight excluding hydrogens is 1030 g/mol. The molecule has 0 radical (unpaired) electrons. The van der Waals surface area contributed by atoms with Crippen LogP contribution in [-0.2, 0) is 57.3 Å². The highest BCUT2D eigenvalue weighted by Gasteiger charge is 2.52. The van der Waals surface area contributed by atoms with Gasteiger partial charge >= 0.3 is 47.8 Å². The topological polar surface area (TPSA) is 173 Å². The lowest BCUT2D eigenvalue weighted by Gasteiger charge is -2.38. The average Bonchev–Trinajstić information content (AvgIpc) is 4.24. The lowest BCUT2D eigenvalue weighted by Crippen LogP contribution is -2.34. The highest BCUT2D eigenvalue weighted by atomic mass is 16.6. The largest absolute Gasteiger partial charge is 0.393 e. The number of ether oxygens (including phenoxy) is 4. The van der Waals surface area contributed by atoms with Crippen LogP contribution in [0.15, 0.2) is 0 Å². The van der Waals surface area contributed by atoms with E-state index in [1.165, 1.54) is 6.42 Å². The highest BCUT2D eigenvalue weighted by Crippen LogP contribution is 2.49. The van der Waals surface area contributed by atoms with Crippen LogP contribution >= 0.6 is 0 Å². The zero-order chi connectivity index (χ0) is 61.5. The monoisotopic (exact) mass is 1150 g/mol. The predicted molar refractivity (Wildman–Crippen MR) is 323 cm³/mol. The van der Waals surface area contributed by atoms with Crippen molar-refractivity contribution in [1.29, 1.82) is 0 Å². The standard InChI is InChI=1S/C70H118O12/c1-19-51(27-47(14)24-44(11)21-40(3)4)31-55-57(65(74)80-63(55)72)33-53(28-48(15)25-45(12)22-41(5)6)35-59-60(68(77)82-67(59)76)36-54(29-49(16)26-46(13)23-42(7)8)34-58-56(64(73)81-66(58)75)32-52(20-2)30-50(17)39-70(18,38-43(9)10)61-37-62(71)79-69(61)78/h40-61H,19-39H2,1-18H3. The van der Waals surface area contributed by atoms with Gasteiger partial charge in [0.25, 0.3) is 0 Å². The summed E-state index contributed by atoms with van der Waals surface area (Å²) in [5.41, 5.74) is -0.451. The Morgan fingerprint density at radius 1 is 0.329 bits per heavy atom. The summed E-state index contributed by atoms with van der Waals surface area (Å²) in [4.78, 5) is 109. The van der Waals surface area contributed by atoms with Crippen molar-refractivity contribution in [3.05, 3.63) is 0 Å². The minimum atomic E-state index is -0.782. The zero-order valence-corrected chi connectivity index (χ0v) is 54.9. The SMILES string of the molecule is CCC(CC(C)CC(C)CC(C)C)CC1C(=O)OC(=O)C1CC(CC(C)CC(C)CC(C)C)CC1C(=O)OC(=O)C1CC(CC(C)CC(C)CC(C)C)CC1C(=O)OC(=O)C1CC(CC)CC(C)CC(C)(CC(C)C)C1CC(=O)OC1=O. The maximum absolute atomic E-state index is 14.3. The van der Waals surface area contributed by atoms with E-state index in [0.717, 1.165) is 64.2 Å². The molecule has 0 aromatic rings. The van der Waals surface area contributed by atoms with Gasteiger partial charge in [-0.15, -0.1) is 0 Å². The molecule has 0 saturated carbocycles. The predicted octanol–water partition coefficient (Wildman–Crippen LogP) is 16.4. The molecule has 0 bridgehead atoms. The van der Waals surface area contributed by atoms with Crippen LogP contribution in [0.5, 0.6) is 0 Å². The number of esters is 8. The summed E-state index contributed by atoms with van der Waals surface area (Å²) >= 11 is 0. The van der Waals surface area contributed by atoms with Crippen LogP contribution in [0.4, 0.5) is 0 Å². The molecule has 470 valence electrons. The summed E-state index contributed by atoms with van der Waals surface area (Å²) in [6.45, 7) is 39.9. The van der Waals surface area contributed by atoms with Gasteiger partial charge in [-0.3, -0.25) is 38.4 Å². The third kappa shape index (κ3) is 22.1. The van der Waals surface area contributed by atoms with Gasteiger partial charge in [0.05, 0.1) is 47.8 Å². The van der Waals surface area contributed by atoms with E-state index in [-0.39, 0.29) is 47.8 Å². The average molecular weight is 1150 g/mol. The van der Waals surface area contributed by atoms with Crippen molar-refractivity contribution in [3.63, 3.8) is 0 Å². The molecule has 12 nitrogen and oxygen atoms in total. The van der Waals surface area contributed by atoms with Crippen molar-refractivity contribution in [2.45, 2.75) is 259 Å². The van der Waals surface area contributed by atoms with Crippen LogP contribution < -0.4 is 0 Å². The van der Waals surface area contributed by atoms with Crippen LogP contribution in [0.25, 0.3) is 0 Å². The molecule has 0 amide bonds. The van der Waals surface area contributed by atoms with E-state index < -0.39 is 94.6 Å². The van der Waals surface area contributed by atoms with Crippen LogP contribution in [0.1, 0.15) is 259 Å². The molecule has 4 rings (SSSR count). The third-order valence-electron chi connectivity index (χ3n) is 19.9. The van der Waals surface area contributed by atoms with E-state index in [1.54, 1.807) is 0 Å². The second kappa shape index (κ2) is 32.9. The first-order valence-corrected chi connectivity index (χ1v) is 33.3. The van der Waals surface area contributed by atoms with Crippen molar-refractivity contribution >= 4 is 47.8 Å². The van der Waals surface area contributed by atoms with Crippen LogP contribution in [-0.4, -0.2) is 47.8 Å². The summed E-state index contributed by atoms with van der Waals surface area (Å²) in [6, 6.07) is 0. The summed E-state index contributed by atoms with van der Waals surface area (Å²) in [5.74, 6) is -4.17. The molecule has 0 aliphatic carbocycles. The molecule has 4 aliphatic heterocycles. The molecule has 4 saturated heterocycles. The smallest absolute Gasteiger partial charge is 0.317 e. The molecule has 0 spiro atoms. The summed E-state index contributed by atoms with van der Waals surface area (Å²) in [6.07, 6.45) is 15.1. The fourth-order valence-electron chi connectivity index (χ4n) is 17.4. The Hall–Kier alpha value is -3.44. The van der Waals surface area contributed by atoms with Crippen molar-refractivity contribution in [1.82, 2.24) is 0 Å². The summed E-state index contributed by atoms with van der Waals surface area (Å²) in [7, 11) is 0. The van der Waals surface area contributed by atoms with Crippen molar-refractivity contribution < 1.29 is 57.3 Å². The molecule has 4 aliphatic rings. The minimum Gasteiger partial charge on any atom is -0.393 e. The van der Waals surface area contributed by atoms with Gasteiger partial charge in [0, 0.05) is 0 Å². The maximum Gasteiger partial charge on any atom is 0.317 e. The number of rotatable bonds is 39. The molecule has 0 N–H and O–H groups in total. The summed E-state index contributed by atoms with van der Waals surface area (Å²) in [5, 5.41) is 0. The van der Waals surface area contributed by atoms with Crippen molar-refractivity contribution in [2.75, 3.05) is 0 Å². The number of carbonyl (C=O) groups is 8. The fraction of sp³-hybridized carbons (Fsp3) is 0.886. The molecular formula is C70H118O12. The highest BCUT2D eigenvalue weighted by molar-refractivity contribution is 5.98. The van der Waals surface area contributed by atoms with Gasteiger partial charge in [-0.05, 0) is 210 Å². The molecule has 4 fully saturated rings. The lowest BCUT2D eigenvalue weighted by atomic mass is 9.65. The Morgan fingerprint density at radius 2 is 0.598 bits per heavy atom. The molecule has 82 heavy (non-hydrogen) atoms. The number of cyclic esters (lactones) is 8. The van der Waals surface area contributed by atoms with E-state index in [0.29, 0.717) is 105 Å². The second-order valence-corrected chi connectivity index (χ2v) is 30.8. The fourth-order valence-corrected chi connectivity index (χ4v) is 17.4.